The Bertz CT molecular complexity index is 1460. The Hall–Kier alpha value is -3.11. The molecule has 3 aliphatic heterocycles. The van der Waals surface area contributed by atoms with Gasteiger partial charge in [-0.25, -0.2) is 9.59 Å². The normalized spacial score (nSPS) is 31.3. The first-order valence-corrected chi connectivity index (χ1v) is 19.4. The molecule has 3 heterocycles. The van der Waals surface area contributed by atoms with Crippen molar-refractivity contribution in [2.24, 2.45) is 17.3 Å². The fourth-order valence-corrected chi connectivity index (χ4v) is 9.68. The molecule has 0 radical (unpaired) electrons. The highest BCUT2D eigenvalue weighted by Crippen LogP contribution is 2.69. The van der Waals surface area contributed by atoms with E-state index in [0.717, 1.165) is 36.8 Å². The minimum absolute atomic E-state index is 0.00795. The van der Waals surface area contributed by atoms with Crippen LogP contribution in [0.3, 0.4) is 0 Å². The van der Waals surface area contributed by atoms with Crippen molar-refractivity contribution in [3.05, 3.63) is 34.9 Å². The zero-order valence-corrected chi connectivity index (χ0v) is 30.1. The zero-order valence-electron chi connectivity index (χ0n) is 29.3. The number of aryl methyl sites for hydroxylation is 1. The fraction of sp³-hybridized carbons (Fsp3) is 0.714. The van der Waals surface area contributed by atoms with Crippen molar-refractivity contribution in [3.8, 4) is 0 Å². The molecule has 7 atom stereocenters. The maximum atomic E-state index is 14.3. The first-order chi connectivity index (χ1) is 22.6. The number of fused-ring (bicyclic) bond motifs is 3. The van der Waals surface area contributed by atoms with Gasteiger partial charge in [0, 0.05) is 25.7 Å². The lowest BCUT2D eigenvalue weighted by Crippen LogP contribution is -2.58. The number of rotatable bonds is 5. The summed E-state index contributed by atoms with van der Waals surface area (Å²) in [6.45, 7) is 12.0. The highest BCUT2D eigenvalue weighted by Gasteiger charge is 2.65. The lowest BCUT2D eigenvalue weighted by atomic mass is 9.85. The predicted octanol–water partition coefficient (Wildman–Crippen LogP) is 5.14. The van der Waals surface area contributed by atoms with E-state index in [1.165, 1.54) is 10.5 Å². The predicted molar refractivity (Wildman–Crippen MR) is 180 cm³/mol. The monoisotopic (exact) mass is 688 g/mol. The van der Waals surface area contributed by atoms with Gasteiger partial charge in [-0.2, -0.15) is 0 Å². The SMILES string of the molecule is CC[C@H]1C[C@]1(NC(=O)[C@@H]1C[C@@H]2CN1C(=O)[C@H](C(C)(C)C)NC(=O)OC[C@@H](C)CCCCc1cccc3c1CN(C3)C(=O)O2)P(=O)(O)CC. The van der Waals surface area contributed by atoms with Gasteiger partial charge in [-0.3, -0.25) is 19.1 Å². The number of hydrogen-bond donors (Lipinski definition) is 3. The molecule has 1 aliphatic carbocycles. The Morgan fingerprint density at radius 1 is 1.15 bits per heavy atom. The molecule has 1 aromatic rings. The summed E-state index contributed by atoms with van der Waals surface area (Å²) >= 11 is 0. The number of nitrogens with zero attached hydrogens (tertiary/aromatic N) is 2. The molecule has 4 aliphatic rings. The number of benzene rings is 1. The van der Waals surface area contributed by atoms with E-state index < -0.39 is 60.3 Å². The molecule has 1 aromatic carbocycles. The number of cyclic esters (lactones) is 1. The molecule has 3 N–H and O–H groups in total. The Kier molecular flexibility index (Phi) is 10.6. The summed E-state index contributed by atoms with van der Waals surface area (Å²) in [5, 5.41) is 4.40. The largest absolute Gasteiger partial charge is 0.449 e. The van der Waals surface area contributed by atoms with Crippen LogP contribution < -0.4 is 10.6 Å². The maximum Gasteiger partial charge on any atom is 0.410 e. The van der Waals surface area contributed by atoms with E-state index >= 15 is 0 Å². The average molecular weight is 689 g/mol. The Morgan fingerprint density at radius 2 is 1.88 bits per heavy atom. The number of ether oxygens (including phenoxy) is 2. The van der Waals surface area contributed by atoms with Gasteiger partial charge < -0.3 is 29.9 Å². The van der Waals surface area contributed by atoms with Gasteiger partial charge >= 0.3 is 12.2 Å². The number of hydrogen-bond acceptors (Lipinski definition) is 7. The van der Waals surface area contributed by atoms with E-state index in [1.54, 1.807) is 11.8 Å². The number of amides is 4. The molecule has 2 fully saturated rings. The Morgan fingerprint density at radius 3 is 2.54 bits per heavy atom. The van der Waals surface area contributed by atoms with Gasteiger partial charge in [-0.15, -0.1) is 0 Å². The fourth-order valence-electron chi connectivity index (χ4n) is 7.58. The molecule has 4 amide bonds. The van der Waals surface area contributed by atoms with Crippen molar-refractivity contribution in [3.63, 3.8) is 0 Å². The average Bonchev–Trinajstić information content (AvgIpc) is 3.35. The highest BCUT2D eigenvalue weighted by molar-refractivity contribution is 7.60. The third kappa shape index (κ3) is 7.39. The third-order valence-corrected chi connectivity index (χ3v) is 13.4. The second-order valence-electron chi connectivity index (χ2n) is 15.3. The van der Waals surface area contributed by atoms with Gasteiger partial charge in [-0.1, -0.05) is 72.6 Å². The topological polar surface area (TPSA) is 155 Å². The second-order valence-corrected chi connectivity index (χ2v) is 18.1. The van der Waals surface area contributed by atoms with E-state index in [9.17, 15) is 28.6 Å². The Balaban J connectivity index is 1.44. The second kappa shape index (κ2) is 14.0. The summed E-state index contributed by atoms with van der Waals surface area (Å²) in [6.07, 6.45) is 2.64. The van der Waals surface area contributed by atoms with Crippen molar-refractivity contribution in [2.75, 3.05) is 19.3 Å². The molecule has 1 saturated heterocycles. The van der Waals surface area contributed by atoms with Crippen molar-refractivity contribution >= 4 is 31.4 Å². The van der Waals surface area contributed by atoms with Crippen LogP contribution in [0, 0.1) is 17.3 Å². The summed E-state index contributed by atoms with van der Waals surface area (Å²) in [5.74, 6) is -1.12. The van der Waals surface area contributed by atoms with Crippen molar-refractivity contribution in [1.82, 2.24) is 20.4 Å². The molecule has 0 aromatic heterocycles. The van der Waals surface area contributed by atoms with E-state index in [0.29, 0.717) is 25.9 Å². The van der Waals surface area contributed by atoms with Crippen LogP contribution >= 0.6 is 7.37 Å². The van der Waals surface area contributed by atoms with Crippen LogP contribution in [0.2, 0.25) is 0 Å². The maximum absolute atomic E-state index is 14.3. The van der Waals surface area contributed by atoms with Crippen LogP contribution in [-0.2, 0) is 43.1 Å². The molecule has 48 heavy (non-hydrogen) atoms. The molecule has 0 spiro atoms. The standard InChI is InChI=1S/C35H53N4O8P/c1-7-25-17-35(25,48(44,45)8-2)37-30(40)28-16-26-19-39(28)31(41)29(34(4,5)6)36-32(42)46-21-22(3)12-9-10-13-23-14-11-15-24-18-38(20-27(23)24)33(43)47-26/h11,14-15,22,25-26,28-29H,7-10,12-13,16-21H2,1-6H3,(H,36,42)(H,37,40)(H,44,45)/t22-,25-,26+,28-,29+,35-/m0/s1. The summed E-state index contributed by atoms with van der Waals surface area (Å²) in [6, 6.07) is 4.01. The van der Waals surface area contributed by atoms with E-state index in [-0.39, 0.29) is 37.6 Å². The van der Waals surface area contributed by atoms with Crippen LogP contribution in [0.4, 0.5) is 9.59 Å². The highest BCUT2D eigenvalue weighted by atomic mass is 31.2. The minimum Gasteiger partial charge on any atom is -0.449 e. The molecule has 1 unspecified atom stereocenters. The minimum atomic E-state index is -3.74. The Labute approximate surface area is 284 Å². The van der Waals surface area contributed by atoms with Gasteiger partial charge in [-0.05, 0) is 59.6 Å². The molecular formula is C35H53N4O8P. The van der Waals surface area contributed by atoms with Gasteiger partial charge in [0.05, 0.1) is 13.2 Å². The summed E-state index contributed by atoms with van der Waals surface area (Å²) < 4.78 is 24.9. The lowest BCUT2D eigenvalue weighted by Gasteiger charge is -2.35. The van der Waals surface area contributed by atoms with Gasteiger partial charge in [0.1, 0.15) is 23.5 Å². The van der Waals surface area contributed by atoms with Crippen LogP contribution in [-0.4, -0.2) is 81.5 Å². The summed E-state index contributed by atoms with van der Waals surface area (Å²) in [4.78, 5) is 68.9. The smallest absolute Gasteiger partial charge is 0.410 e. The number of nitrogens with one attached hydrogen (secondary N) is 2. The van der Waals surface area contributed by atoms with Gasteiger partial charge in [0.25, 0.3) is 0 Å². The summed E-state index contributed by atoms with van der Waals surface area (Å²) in [5.41, 5.74) is 2.66. The first kappa shape index (κ1) is 36.2. The van der Waals surface area contributed by atoms with Crippen molar-refractivity contribution in [2.45, 2.75) is 123 Å². The summed E-state index contributed by atoms with van der Waals surface area (Å²) in [7, 11) is -3.74. The van der Waals surface area contributed by atoms with E-state index in [1.807, 2.05) is 46.8 Å². The van der Waals surface area contributed by atoms with Crippen molar-refractivity contribution < 1.29 is 38.1 Å². The van der Waals surface area contributed by atoms with Crippen LogP contribution in [0.1, 0.15) is 96.8 Å². The van der Waals surface area contributed by atoms with Crippen molar-refractivity contribution in [1.29, 1.82) is 0 Å². The number of alkyl carbamates (subject to hydrolysis) is 1. The number of carbonyl (C=O) groups excluding carboxylic acids is 4. The molecular weight excluding hydrogens is 635 g/mol. The quantitative estimate of drug-likeness (QED) is 0.359. The number of carbonyl (C=O) groups is 4. The molecule has 266 valence electrons. The van der Waals surface area contributed by atoms with Gasteiger partial charge in [0.2, 0.25) is 19.2 Å². The zero-order chi connectivity index (χ0) is 35.0. The van der Waals surface area contributed by atoms with Gasteiger partial charge in [0.15, 0.2) is 0 Å². The third-order valence-electron chi connectivity index (χ3n) is 10.7. The molecule has 12 nitrogen and oxygen atoms in total. The first-order valence-electron chi connectivity index (χ1n) is 17.5. The van der Waals surface area contributed by atoms with Crippen LogP contribution in [0.25, 0.3) is 0 Å². The van der Waals surface area contributed by atoms with Crippen LogP contribution in [0.5, 0.6) is 0 Å². The van der Waals surface area contributed by atoms with Crippen LogP contribution in [0.15, 0.2) is 18.2 Å². The molecule has 1 saturated carbocycles. The van der Waals surface area contributed by atoms with E-state index in [2.05, 4.69) is 16.7 Å². The van der Waals surface area contributed by atoms with E-state index in [4.69, 9.17) is 9.47 Å². The molecule has 13 heteroatoms. The molecule has 4 bridgehead atoms. The molecule has 5 rings (SSSR count). The lowest BCUT2D eigenvalue weighted by molar-refractivity contribution is -0.142.